The molecule has 5 nitrogen and oxygen atoms in total. The maximum Gasteiger partial charge on any atom is 0.341 e. The van der Waals surface area contributed by atoms with Gasteiger partial charge in [0.2, 0.25) is 0 Å². The summed E-state index contributed by atoms with van der Waals surface area (Å²) >= 11 is 0. The van der Waals surface area contributed by atoms with Crippen molar-refractivity contribution in [3.63, 3.8) is 0 Å². The Balaban J connectivity index is 2.03. The predicted molar refractivity (Wildman–Crippen MR) is 103 cm³/mol. The molecule has 1 N–H and O–H groups in total. The van der Waals surface area contributed by atoms with Gasteiger partial charge in [-0.05, 0) is 25.0 Å². The molecule has 0 aliphatic heterocycles. The van der Waals surface area contributed by atoms with Crippen molar-refractivity contribution >= 4 is 5.97 Å². The second-order valence-corrected chi connectivity index (χ2v) is 6.35. The summed E-state index contributed by atoms with van der Waals surface area (Å²) in [6.07, 6.45) is -0.844. The summed E-state index contributed by atoms with van der Waals surface area (Å²) < 4.78 is 16.8. The number of aliphatic hydroxyl groups excluding tert-OH is 1. The first kappa shape index (κ1) is 21.1. The third-order valence-electron chi connectivity index (χ3n) is 4.36. The quantitative estimate of drug-likeness (QED) is 0.483. The fourth-order valence-corrected chi connectivity index (χ4v) is 2.76. The zero-order valence-corrected chi connectivity index (χ0v) is 16.0. The van der Waals surface area contributed by atoms with E-state index < -0.39 is 17.7 Å². The molecular formula is C22H28O5. The van der Waals surface area contributed by atoms with Gasteiger partial charge in [0.25, 0.3) is 0 Å². The first-order valence-corrected chi connectivity index (χ1v) is 9.23. The Morgan fingerprint density at radius 3 is 2.07 bits per heavy atom. The van der Waals surface area contributed by atoms with E-state index in [2.05, 4.69) is 0 Å². The van der Waals surface area contributed by atoms with Crippen LogP contribution < -0.4 is 0 Å². The molecule has 0 saturated carbocycles. The molecule has 2 aromatic rings. The minimum Gasteiger partial charge on any atom is -0.464 e. The zero-order valence-electron chi connectivity index (χ0n) is 16.0. The molecule has 2 unspecified atom stereocenters. The highest BCUT2D eigenvalue weighted by Gasteiger charge is 2.45. The van der Waals surface area contributed by atoms with Gasteiger partial charge >= 0.3 is 5.97 Å². The van der Waals surface area contributed by atoms with Gasteiger partial charge in [-0.2, -0.15) is 0 Å². The molecule has 0 radical (unpaired) electrons. The average molecular weight is 372 g/mol. The smallest absolute Gasteiger partial charge is 0.341 e. The summed E-state index contributed by atoms with van der Waals surface area (Å²) in [5.41, 5.74) is 0.487. The molecule has 0 aliphatic rings. The molecule has 146 valence electrons. The van der Waals surface area contributed by atoms with Crippen molar-refractivity contribution in [1.29, 1.82) is 0 Å². The fourth-order valence-electron chi connectivity index (χ4n) is 2.76. The standard InChI is InChI=1S/C22H28O5/c1-3-26-21(24)22(18(2)23,27-17-20-12-8-5-9-13-20)14-15-25-16-19-10-6-4-7-11-19/h4-13,18,23H,3,14-17H2,1-2H3. The molecule has 27 heavy (non-hydrogen) atoms. The predicted octanol–water partition coefficient (Wildman–Crippen LogP) is 3.49. The molecule has 2 rings (SSSR count). The van der Waals surface area contributed by atoms with E-state index in [1.807, 2.05) is 60.7 Å². The summed E-state index contributed by atoms with van der Waals surface area (Å²) in [4.78, 5) is 12.6. The van der Waals surface area contributed by atoms with Crippen molar-refractivity contribution in [2.24, 2.45) is 0 Å². The maximum absolute atomic E-state index is 12.6. The number of ether oxygens (including phenoxy) is 3. The summed E-state index contributed by atoms with van der Waals surface area (Å²) in [7, 11) is 0. The Kier molecular flexibility index (Phi) is 8.45. The second kappa shape index (κ2) is 10.8. The van der Waals surface area contributed by atoms with Crippen molar-refractivity contribution in [2.75, 3.05) is 13.2 Å². The van der Waals surface area contributed by atoms with Crippen LogP contribution in [0.1, 0.15) is 31.4 Å². The van der Waals surface area contributed by atoms with Crippen LogP contribution in [0.5, 0.6) is 0 Å². The topological polar surface area (TPSA) is 65.0 Å². The molecule has 0 aromatic heterocycles. The lowest BCUT2D eigenvalue weighted by molar-refractivity contribution is -0.194. The molecule has 2 atom stereocenters. The SMILES string of the molecule is CCOC(=O)C(CCOCc1ccccc1)(OCc1ccccc1)C(C)O. The minimum absolute atomic E-state index is 0.198. The minimum atomic E-state index is -1.47. The largest absolute Gasteiger partial charge is 0.464 e. The molecular weight excluding hydrogens is 344 g/mol. The third-order valence-corrected chi connectivity index (χ3v) is 4.36. The molecule has 0 amide bonds. The Hall–Kier alpha value is -2.21. The highest BCUT2D eigenvalue weighted by Crippen LogP contribution is 2.26. The Labute approximate surface area is 160 Å². The van der Waals surface area contributed by atoms with Crippen LogP contribution in [0.2, 0.25) is 0 Å². The molecule has 0 aliphatic carbocycles. The van der Waals surface area contributed by atoms with E-state index in [0.29, 0.717) is 6.61 Å². The summed E-state index contributed by atoms with van der Waals surface area (Å²) in [6, 6.07) is 19.3. The number of carbonyl (C=O) groups is 1. The third kappa shape index (κ3) is 6.17. The van der Waals surface area contributed by atoms with Gasteiger partial charge in [0.1, 0.15) is 0 Å². The normalized spacial score (nSPS) is 14.3. The van der Waals surface area contributed by atoms with Gasteiger partial charge in [-0.3, -0.25) is 0 Å². The summed E-state index contributed by atoms with van der Waals surface area (Å²) in [5.74, 6) is -0.570. The van der Waals surface area contributed by atoms with E-state index in [9.17, 15) is 9.90 Å². The molecule has 0 heterocycles. The number of aliphatic hydroxyl groups is 1. The van der Waals surface area contributed by atoms with Crippen LogP contribution in [0, 0.1) is 0 Å². The lowest BCUT2D eigenvalue weighted by atomic mass is 9.93. The summed E-state index contributed by atoms with van der Waals surface area (Å²) in [6.45, 7) is 4.37. The number of rotatable bonds is 11. The van der Waals surface area contributed by atoms with E-state index in [0.717, 1.165) is 11.1 Å². The average Bonchev–Trinajstić information content (AvgIpc) is 2.69. The molecule has 0 fully saturated rings. The van der Waals surface area contributed by atoms with Crippen LogP contribution in [-0.4, -0.2) is 36.0 Å². The van der Waals surface area contributed by atoms with Crippen molar-refractivity contribution in [3.8, 4) is 0 Å². The number of benzene rings is 2. The van der Waals surface area contributed by atoms with Crippen LogP contribution in [-0.2, 0) is 32.2 Å². The van der Waals surface area contributed by atoms with Crippen molar-refractivity contribution in [1.82, 2.24) is 0 Å². The lowest BCUT2D eigenvalue weighted by Crippen LogP contribution is -2.52. The molecule has 0 saturated heterocycles. The van der Waals surface area contributed by atoms with E-state index >= 15 is 0 Å². The van der Waals surface area contributed by atoms with E-state index in [4.69, 9.17) is 14.2 Å². The highest BCUT2D eigenvalue weighted by atomic mass is 16.6. The highest BCUT2D eigenvalue weighted by molar-refractivity contribution is 5.80. The first-order valence-electron chi connectivity index (χ1n) is 9.23. The lowest BCUT2D eigenvalue weighted by Gasteiger charge is -2.34. The summed E-state index contributed by atoms with van der Waals surface area (Å²) in [5, 5.41) is 10.4. The molecule has 0 bridgehead atoms. The van der Waals surface area contributed by atoms with Crippen LogP contribution >= 0.6 is 0 Å². The fraction of sp³-hybridized carbons (Fsp3) is 0.409. The van der Waals surface area contributed by atoms with E-state index in [1.165, 1.54) is 0 Å². The van der Waals surface area contributed by atoms with E-state index in [1.54, 1.807) is 13.8 Å². The van der Waals surface area contributed by atoms with Crippen LogP contribution in [0.25, 0.3) is 0 Å². The van der Waals surface area contributed by atoms with Crippen molar-refractivity contribution < 1.29 is 24.1 Å². The zero-order chi connectivity index (χ0) is 19.5. The van der Waals surface area contributed by atoms with Crippen molar-refractivity contribution in [3.05, 3.63) is 71.8 Å². The van der Waals surface area contributed by atoms with E-state index in [-0.39, 0.29) is 26.2 Å². The second-order valence-electron chi connectivity index (χ2n) is 6.35. The maximum atomic E-state index is 12.6. The monoisotopic (exact) mass is 372 g/mol. The number of esters is 1. The Morgan fingerprint density at radius 1 is 1.00 bits per heavy atom. The van der Waals surface area contributed by atoms with Gasteiger partial charge in [0, 0.05) is 6.42 Å². The van der Waals surface area contributed by atoms with Gasteiger partial charge in [0.05, 0.1) is 32.5 Å². The van der Waals surface area contributed by atoms with Crippen LogP contribution in [0.4, 0.5) is 0 Å². The Bertz CT molecular complexity index is 672. The molecule has 2 aromatic carbocycles. The van der Waals surface area contributed by atoms with Crippen molar-refractivity contribution in [2.45, 2.75) is 45.2 Å². The van der Waals surface area contributed by atoms with Gasteiger partial charge in [-0.1, -0.05) is 60.7 Å². The van der Waals surface area contributed by atoms with Gasteiger partial charge < -0.3 is 19.3 Å². The number of hydrogen-bond donors (Lipinski definition) is 1. The van der Waals surface area contributed by atoms with Gasteiger partial charge in [-0.15, -0.1) is 0 Å². The Morgan fingerprint density at radius 2 is 1.56 bits per heavy atom. The molecule has 0 spiro atoms. The van der Waals surface area contributed by atoms with Gasteiger partial charge in [-0.25, -0.2) is 4.79 Å². The van der Waals surface area contributed by atoms with Gasteiger partial charge in [0.15, 0.2) is 5.60 Å². The first-order chi connectivity index (χ1) is 13.1. The van der Waals surface area contributed by atoms with Crippen LogP contribution in [0.15, 0.2) is 60.7 Å². The number of carbonyl (C=O) groups excluding carboxylic acids is 1. The number of hydrogen-bond acceptors (Lipinski definition) is 5. The molecule has 5 heteroatoms. The van der Waals surface area contributed by atoms with Crippen LogP contribution in [0.3, 0.4) is 0 Å².